The van der Waals surface area contributed by atoms with Gasteiger partial charge in [-0.1, -0.05) is 66.7 Å². The highest BCUT2D eigenvalue weighted by molar-refractivity contribution is 5.97. The van der Waals surface area contributed by atoms with Gasteiger partial charge in [-0.25, -0.2) is 4.79 Å². The minimum absolute atomic E-state index is 0.0296. The fourth-order valence-corrected chi connectivity index (χ4v) is 5.84. The Morgan fingerprint density at radius 2 is 1.62 bits per heavy atom. The zero-order valence-corrected chi connectivity index (χ0v) is 21.4. The van der Waals surface area contributed by atoms with Crippen molar-refractivity contribution >= 4 is 23.3 Å². The number of benzene rings is 3. The Balaban J connectivity index is 1.57. The summed E-state index contributed by atoms with van der Waals surface area (Å²) >= 11 is 0. The molecule has 2 aliphatic heterocycles. The second-order valence-electron chi connectivity index (χ2n) is 9.95. The van der Waals surface area contributed by atoms with Crippen molar-refractivity contribution in [1.29, 1.82) is 0 Å². The number of aromatic nitrogens is 1. The van der Waals surface area contributed by atoms with E-state index in [1.165, 1.54) is 12.1 Å². The molecule has 0 saturated carbocycles. The van der Waals surface area contributed by atoms with Crippen molar-refractivity contribution in [1.82, 2.24) is 9.47 Å². The number of ether oxygens (including phenoxy) is 1. The summed E-state index contributed by atoms with van der Waals surface area (Å²) in [5.74, 6) is -2.48. The van der Waals surface area contributed by atoms with Crippen LogP contribution in [0.2, 0.25) is 0 Å². The monoisotopic (exact) mass is 537 g/mol. The van der Waals surface area contributed by atoms with E-state index in [2.05, 4.69) is 5.32 Å². The van der Waals surface area contributed by atoms with Crippen molar-refractivity contribution in [3.05, 3.63) is 124 Å². The normalized spacial score (nSPS) is 18.2. The zero-order valence-electron chi connectivity index (χ0n) is 21.4. The number of nitrogens with zero attached hydrogens (tertiary/aromatic N) is 2. The first-order chi connectivity index (χ1) is 19.4. The number of hydrogen-bond donors (Lipinski definition) is 3. The van der Waals surface area contributed by atoms with Gasteiger partial charge >= 0.3 is 5.97 Å². The molecule has 0 unspecified atom stereocenters. The van der Waals surface area contributed by atoms with Crippen molar-refractivity contribution in [2.24, 2.45) is 0 Å². The van der Waals surface area contributed by atoms with Gasteiger partial charge in [-0.3, -0.25) is 9.59 Å². The van der Waals surface area contributed by atoms with Gasteiger partial charge in [0.25, 0.3) is 5.91 Å². The van der Waals surface area contributed by atoms with Crippen molar-refractivity contribution in [3.8, 4) is 5.75 Å². The molecule has 0 radical (unpaired) electrons. The van der Waals surface area contributed by atoms with Gasteiger partial charge in [0.1, 0.15) is 12.4 Å². The van der Waals surface area contributed by atoms with Crippen LogP contribution in [0.1, 0.15) is 50.4 Å². The first kappa shape index (κ1) is 25.4. The predicted molar refractivity (Wildman–Crippen MR) is 148 cm³/mol. The maximum atomic E-state index is 13.7. The minimum atomic E-state index is -1.10. The summed E-state index contributed by atoms with van der Waals surface area (Å²) in [5, 5.41) is 23.6. The van der Waals surface area contributed by atoms with Gasteiger partial charge < -0.3 is 29.7 Å². The van der Waals surface area contributed by atoms with Crippen LogP contribution < -0.4 is 10.7 Å². The second-order valence-corrected chi connectivity index (χ2v) is 9.95. The van der Waals surface area contributed by atoms with E-state index in [4.69, 9.17) is 4.74 Å². The molecule has 0 aliphatic carbocycles. The topological polar surface area (TPSA) is 121 Å². The van der Waals surface area contributed by atoms with Crippen LogP contribution >= 0.6 is 0 Å². The van der Waals surface area contributed by atoms with E-state index < -0.39 is 23.1 Å². The Labute approximate surface area is 229 Å². The van der Waals surface area contributed by atoms with Gasteiger partial charge in [0.15, 0.2) is 11.4 Å². The molecular weight excluding hydrogens is 510 g/mol. The Morgan fingerprint density at radius 1 is 0.950 bits per heavy atom. The van der Waals surface area contributed by atoms with Gasteiger partial charge in [-0.05, 0) is 35.7 Å². The lowest BCUT2D eigenvalue weighted by molar-refractivity contribution is -0.0552. The van der Waals surface area contributed by atoms with Crippen LogP contribution in [0.3, 0.4) is 0 Å². The average Bonchev–Trinajstić information content (AvgIpc) is 2.98. The molecule has 9 heteroatoms. The molecule has 3 N–H and O–H groups in total. The van der Waals surface area contributed by atoms with Crippen LogP contribution in [-0.2, 0) is 4.74 Å². The van der Waals surface area contributed by atoms with E-state index in [1.807, 2.05) is 60.7 Å². The second kappa shape index (κ2) is 10.3. The molecule has 9 nitrogen and oxygen atoms in total. The van der Waals surface area contributed by atoms with Gasteiger partial charge in [0, 0.05) is 17.8 Å². The lowest BCUT2D eigenvalue weighted by Crippen LogP contribution is -2.56. The summed E-state index contributed by atoms with van der Waals surface area (Å²) < 4.78 is 7.36. The summed E-state index contributed by atoms with van der Waals surface area (Å²) in [6.45, 7) is 0.530. The van der Waals surface area contributed by atoms with Gasteiger partial charge in [0.05, 0.1) is 24.3 Å². The molecule has 40 heavy (non-hydrogen) atoms. The Hall–Kier alpha value is -4.89. The van der Waals surface area contributed by atoms with E-state index in [9.17, 15) is 24.6 Å². The van der Waals surface area contributed by atoms with E-state index in [1.54, 1.807) is 27.8 Å². The maximum Gasteiger partial charge on any atom is 0.335 e. The van der Waals surface area contributed by atoms with Crippen molar-refractivity contribution in [3.63, 3.8) is 0 Å². The number of nitrogens with one attached hydrogen (secondary N) is 1. The fourth-order valence-electron chi connectivity index (χ4n) is 5.84. The fraction of sp³-hybridized carbons (Fsp3) is 0.194. The third kappa shape index (κ3) is 4.40. The van der Waals surface area contributed by atoms with E-state index >= 15 is 0 Å². The number of hydrogen-bond acceptors (Lipinski definition) is 6. The van der Waals surface area contributed by atoms with Crippen LogP contribution in [0.5, 0.6) is 5.75 Å². The number of amides is 1. The predicted octanol–water partition coefficient (Wildman–Crippen LogP) is 4.57. The molecule has 0 spiro atoms. The number of carbonyl (C=O) groups excluding carboxylic acids is 1. The van der Waals surface area contributed by atoms with E-state index in [0.717, 1.165) is 11.1 Å². The first-order valence-corrected chi connectivity index (χ1v) is 13.0. The van der Waals surface area contributed by atoms with E-state index in [0.29, 0.717) is 18.7 Å². The lowest BCUT2D eigenvalue weighted by atomic mass is 9.78. The number of anilines is 2. The Bertz CT molecular complexity index is 1600. The lowest BCUT2D eigenvalue weighted by Gasteiger charge is -2.48. The third-order valence-corrected chi connectivity index (χ3v) is 7.63. The Kier molecular flexibility index (Phi) is 6.57. The maximum absolute atomic E-state index is 13.7. The smallest absolute Gasteiger partial charge is 0.335 e. The molecule has 202 valence electrons. The SMILES string of the molecule is O=C(O)c1cccc(Nc2cn3c(c(O)c2=O)C(=O)N2COCC[C@H]2[C@@H]3C(c2ccccc2)c2ccccc2)c1. The van der Waals surface area contributed by atoms with Crippen molar-refractivity contribution in [2.75, 3.05) is 18.7 Å². The molecule has 0 bridgehead atoms. The number of aromatic hydroxyl groups is 1. The average molecular weight is 538 g/mol. The van der Waals surface area contributed by atoms with Crippen LogP contribution in [0.4, 0.5) is 11.4 Å². The van der Waals surface area contributed by atoms with Gasteiger partial charge in [0.2, 0.25) is 5.43 Å². The molecule has 6 rings (SSSR count). The zero-order chi connectivity index (χ0) is 27.8. The van der Waals surface area contributed by atoms with E-state index in [-0.39, 0.29) is 41.7 Å². The summed E-state index contributed by atoms with van der Waals surface area (Å²) in [5.41, 5.74) is 1.63. The molecule has 4 aromatic rings. The van der Waals surface area contributed by atoms with Crippen LogP contribution in [0.25, 0.3) is 0 Å². The molecule has 1 fully saturated rings. The summed E-state index contributed by atoms with van der Waals surface area (Å²) in [4.78, 5) is 40.1. The largest absolute Gasteiger partial charge is 0.502 e. The number of fused-ring (bicyclic) bond motifs is 2. The highest BCUT2D eigenvalue weighted by atomic mass is 16.5. The highest BCUT2D eigenvalue weighted by Crippen LogP contribution is 2.45. The molecule has 1 saturated heterocycles. The minimum Gasteiger partial charge on any atom is -0.502 e. The van der Waals surface area contributed by atoms with Gasteiger partial charge in [-0.15, -0.1) is 0 Å². The number of rotatable bonds is 6. The molecule has 3 aromatic carbocycles. The number of carboxylic acids is 1. The van der Waals surface area contributed by atoms with Crippen molar-refractivity contribution < 1.29 is 24.5 Å². The molecule has 2 atom stereocenters. The summed E-state index contributed by atoms with van der Waals surface area (Å²) in [6, 6.07) is 25.3. The molecular formula is C31H27N3O6. The number of carboxylic acid groups (broad SMARTS) is 1. The first-order valence-electron chi connectivity index (χ1n) is 13.0. The Morgan fingerprint density at radius 3 is 2.27 bits per heavy atom. The van der Waals surface area contributed by atoms with Crippen LogP contribution in [-0.4, -0.2) is 50.9 Å². The van der Waals surface area contributed by atoms with Crippen LogP contribution in [0, 0.1) is 0 Å². The number of carbonyl (C=O) groups is 2. The molecule has 1 amide bonds. The molecule has 3 heterocycles. The summed E-state index contributed by atoms with van der Waals surface area (Å²) in [7, 11) is 0. The standard InChI is InChI=1S/C31H27N3O6/c35-28-23(32-22-13-7-12-21(16-22)31(38)39)17-33-26(24-14-15-40-18-34(24)30(37)27(33)29(28)36)25(19-8-3-1-4-9-19)20-10-5-2-6-11-20/h1-13,16-17,24-26,32,36H,14-15,18H2,(H,38,39)/t24-,26+/m0/s1. The number of aromatic carboxylic acids is 1. The van der Waals surface area contributed by atoms with Gasteiger partial charge in [-0.2, -0.15) is 0 Å². The van der Waals surface area contributed by atoms with Crippen LogP contribution in [0.15, 0.2) is 95.9 Å². The number of pyridine rings is 1. The van der Waals surface area contributed by atoms with Crippen molar-refractivity contribution in [2.45, 2.75) is 24.4 Å². The third-order valence-electron chi connectivity index (χ3n) is 7.63. The highest BCUT2D eigenvalue weighted by Gasteiger charge is 2.46. The quantitative estimate of drug-likeness (QED) is 0.329. The molecule has 2 aliphatic rings. The molecule has 1 aromatic heterocycles. The summed E-state index contributed by atoms with van der Waals surface area (Å²) in [6.07, 6.45) is 2.14.